The quantitative estimate of drug-likeness (QED) is 0.328. The molecule has 0 spiro atoms. The Bertz CT molecular complexity index is 1600. The van der Waals surface area contributed by atoms with E-state index < -0.39 is 5.91 Å². The van der Waals surface area contributed by atoms with E-state index in [0.29, 0.717) is 54.6 Å². The summed E-state index contributed by atoms with van der Waals surface area (Å²) in [5.41, 5.74) is 1.57. The number of fused-ring (bicyclic) bond motifs is 2. The van der Waals surface area contributed by atoms with E-state index in [2.05, 4.69) is 30.5 Å². The summed E-state index contributed by atoms with van der Waals surface area (Å²) < 4.78 is 18.3. The van der Waals surface area contributed by atoms with E-state index in [-0.39, 0.29) is 42.5 Å². The van der Waals surface area contributed by atoms with Gasteiger partial charge in [0.25, 0.3) is 11.8 Å². The molecule has 5 heterocycles. The van der Waals surface area contributed by atoms with Gasteiger partial charge in [0, 0.05) is 51.6 Å². The summed E-state index contributed by atoms with van der Waals surface area (Å²) in [7, 11) is 3.20. The smallest absolute Gasteiger partial charge is 0.291 e. The van der Waals surface area contributed by atoms with Crippen LogP contribution in [0.15, 0.2) is 41.7 Å². The maximum Gasteiger partial charge on any atom is 0.291 e. The van der Waals surface area contributed by atoms with Crippen molar-refractivity contribution in [3.8, 4) is 11.5 Å². The lowest BCUT2D eigenvalue weighted by molar-refractivity contribution is -0.116. The number of nitrogens with one attached hydrogen (secondary N) is 2. The number of aryl methyl sites for hydroxylation is 1. The largest absolute Gasteiger partial charge is 0.493 e. The minimum atomic E-state index is -0.423. The molecule has 45 heavy (non-hydrogen) atoms. The Labute approximate surface area is 260 Å². The van der Waals surface area contributed by atoms with Gasteiger partial charge in [-0.2, -0.15) is 0 Å². The van der Waals surface area contributed by atoms with Crippen molar-refractivity contribution in [1.82, 2.24) is 19.4 Å². The molecule has 14 nitrogen and oxygen atoms in total. The van der Waals surface area contributed by atoms with E-state index in [0.717, 1.165) is 31.7 Å². The van der Waals surface area contributed by atoms with Crippen LogP contribution in [-0.4, -0.2) is 96.0 Å². The number of carbonyl (C=O) groups excluding carboxylic acids is 3. The molecule has 6 rings (SSSR count). The maximum atomic E-state index is 13.1. The Kier molecular flexibility index (Phi) is 8.91. The number of benzene rings is 1. The van der Waals surface area contributed by atoms with Gasteiger partial charge in [0.05, 0.1) is 56.1 Å². The summed E-state index contributed by atoms with van der Waals surface area (Å²) in [6.07, 6.45) is 7.45. The summed E-state index contributed by atoms with van der Waals surface area (Å²) >= 11 is 0. The van der Waals surface area contributed by atoms with Crippen molar-refractivity contribution in [2.75, 3.05) is 62.1 Å². The minimum absolute atomic E-state index is 0.0128. The zero-order valence-electron chi connectivity index (χ0n) is 25.3. The average molecular weight is 617 g/mol. The highest BCUT2D eigenvalue weighted by Crippen LogP contribution is 2.38. The zero-order valence-corrected chi connectivity index (χ0v) is 25.3. The zero-order chi connectivity index (χ0) is 31.3. The second kappa shape index (κ2) is 13.3. The number of imidazole rings is 1. The van der Waals surface area contributed by atoms with Crippen LogP contribution in [0.25, 0.3) is 0 Å². The van der Waals surface area contributed by atoms with Crippen molar-refractivity contribution in [2.24, 2.45) is 12.0 Å². The first kappa shape index (κ1) is 30.1. The van der Waals surface area contributed by atoms with Crippen LogP contribution in [0.2, 0.25) is 0 Å². The summed E-state index contributed by atoms with van der Waals surface area (Å²) in [5.74, 6) is 1.37. The number of methoxy groups -OCH3 is 1. The molecule has 2 aromatic heterocycles. The van der Waals surface area contributed by atoms with Gasteiger partial charge in [-0.15, -0.1) is 0 Å². The van der Waals surface area contributed by atoms with Crippen molar-refractivity contribution in [3.63, 3.8) is 0 Å². The number of hydrogen-bond acceptors (Lipinski definition) is 10. The molecule has 0 saturated carbocycles. The molecule has 3 amide bonds. The predicted octanol–water partition coefficient (Wildman–Crippen LogP) is 3.03. The first-order valence-electron chi connectivity index (χ1n) is 15.0. The molecular formula is C31H36N8O6. The molecule has 0 radical (unpaired) electrons. The lowest BCUT2D eigenvalue weighted by Gasteiger charge is -2.27. The number of amides is 3. The first-order chi connectivity index (χ1) is 21.9. The van der Waals surface area contributed by atoms with Crippen LogP contribution in [0, 0.1) is 0 Å². The molecule has 3 aliphatic rings. The third-order valence-electron chi connectivity index (χ3n) is 7.95. The van der Waals surface area contributed by atoms with E-state index in [4.69, 9.17) is 14.2 Å². The second-order valence-corrected chi connectivity index (χ2v) is 11.0. The summed E-state index contributed by atoms with van der Waals surface area (Å²) in [6.45, 7) is 3.82. The highest BCUT2D eigenvalue weighted by Gasteiger charge is 2.32. The van der Waals surface area contributed by atoms with E-state index in [1.54, 1.807) is 42.2 Å². The average Bonchev–Trinajstić information content (AvgIpc) is 3.65. The molecule has 2 fully saturated rings. The van der Waals surface area contributed by atoms with Crippen LogP contribution in [0.5, 0.6) is 11.5 Å². The Hall–Kier alpha value is -4.98. The van der Waals surface area contributed by atoms with Gasteiger partial charge >= 0.3 is 0 Å². The van der Waals surface area contributed by atoms with Crippen LogP contribution in [0.3, 0.4) is 0 Å². The highest BCUT2D eigenvalue weighted by atomic mass is 16.5. The van der Waals surface area contributed by atoms with Gasteiger partial charge in [-0.05, 0) is 37.5 Å². The van der Waals surface area contributed by atoms with Crippen molar-refractivity contribution in [3.05, 3.63) is 48.0 Å². The van der Waals surface area contributed by atoms with Gasteiger partial charge in [0.15, 0.2) is 17.3 Å². The molecule has 3 aromatic rings. The number of ether oxygens (including phenoxy) is 3. The summed E-state index contributed by atoms with van der Waals surface area (Å²) in [5, 5.41) is 5.54. The SMILES string of the molecule is COc1cc2c(cc1OCCCC(=O)Nc1cn(C)c(C(=O)Nc3ccc(N4CCOCC4)nc3)n1)N=CC1CCCN1C2=O. The van der Waals surface area contributed by atoms with Crippen molar-refractivity contribution < 1.29 is 28.6 Å². The highest BCUT2D eigenvalue weighted by molar-refractivity contribution is 6.04. The molecule has 2 N–H and O–H groups in total. The van der Waals surface area contributed by atoms with Crippen LogP contribution < -0.4 is 25.0 Å². The molecule has 2 saturated heterocycles. The minimum Gasteiger partial charge on any atom is -0.493 e. The summed E-state index contributed by atoms with van der Waals surface area (Å²) in [6, 6.07) is 7.04. The van der Waals surface area contributed by atoms with E-state index in [1.165, 1.54) is 7.11 Å². The normalized spacial score (nSPS) is 17.4. The molecule has 1 unspecified atom stereocenters. The molecule has 236 valence electrons. The molecule has 14 heteroatoms. The number of rotatable bonds is 10. The van der Waals surface area contributed by atoms with Crippen LogP contribution >= 0.6 is 0 Å². The van der Waals surface area contributed by atoms with Crippen molar-refractivity contribution in [1.29, 1.82) is 0 Å². The number of aliphatic imine (C=N–C) groups is 1. The molecule has 3 aliphatic heterocycles. The van der Waals surface area contributed by atoms with Crippen molar-refractivity contribution in [2.45, 2.75) is 31.7 Å². The van der Waals surface area contributed by atoms with Gasteiger partial charge in [-0.1, -0.05) is 0 Å². The Morgan fingerprint density at radius 3 is 2.73 bits per heavy atom. The van der Waals surface area contributed by atoms with Crippen molar-refractivity contribution >= 4 is 46.9 Å². The number of anilines is 3. The summed E-state index contributed by atoms with van der Waals surface area (Å²) in [4.78, 5) is 55.8. The molecule has 1 aromatic carbocycles. The molecule has 0 aliphatic carbocycles. The number of nitrogens with zero attached hydrogens (tertiary/aromatic N) is 6. The third-order valence-corrected chi connectivity index (χ3v) is 7.95. The van der Waals surface area contributed by atoms with Gasteiger partial charge in [0.2, 0.25) is 11.7 Å². The monoisotopic (exact) mass is 616 g/mol. The molecule has 0 bridgehead atoms. The van der Waals surface area contributed by atoms with E-state index >= 15 is 0 Å². The van der Waals surface area contributed by atoms with Gasteiger partial charge in [-0.25, -0.2) is 9.97 Å². The lowest BCUT2D eigenvalue weighted by atomic mass is 10.1. The predicted molar refractivity (Wildman–Crippen MR) is 167 cm³/mol. The molecule has 1 atom stereocenters. The van der Waals surface area contributed by atoms with Crippen LogP contribution in [-0.2, 0) is 16.6 Å². The van der Waals surface area contributed by atoms with Gasteiger partial charge < -0.3 is 39.2 Å². The van der Waals surface area contributed by atoms with Crippen LogP contribution in [0.4, 0.5) is 23.0 Å². The molecular weight excluding hydrogens is 580 g/mol. The van der Waals surface area contributed by atoms with Gasteiger partial charge in [0.1, 0.15) is 5.82 Å². The fraction of sp³-hybridized carbons (Fsp3) is 0.419. The van der Waals surface area contributed by atoms with E-state index in [9.17, 15) is 14.4 Å². The Balaban J connectivity index is 0.992. The number of carbonyl (C=O) groups is 3. The fourth-order valence-electron chi connectivity index (χ4n) is 5.60. The first-order valence-corrected chi connectivity index (χ1v) is 15.0. The maximum absolute atomic E-state index is 13.1. The topological polar surface area (TPSA) is 153 Å². The second-order valence-electron chi connectivity index (χ2n) is 11.0. The van der Waals surface area contributed by atoms with Crippen LogP contribution in [0.1, 0.15) is 46.7 Å². The van der Waals surface area contributed by atoms with Gasteiger partial charge in [-0.3, -0.25) is 19.4 Å². The lowest BCUT2D eigenvalue weighted by Crippen LogP contribution is -2.36. The fourth-order valence-corrected chi connectivity index (χ4v) is 5.60. The number of pyridine rings is 1. The number of hydrogen-bond donors (Lipinski definition) is 2. The Morgan fingerprint density at radius 2 is 1.96 bits per heavy atom. The number of aromatic nitrogens is 3. The Morgan fingerprint density at radius 1 is 1.11 bits per heavy atom. The third kappa shape index (κ3) is 6.75. The van der Waals surface area contributed by atoms with E-state index in [1.807, 2.05) is 17.2 Å². The standard InChI is InChI=1S/C31H36N8O6/c1-37-19-26(36-29(37)30(41)34-20-7-8-27(33-17-20)38-10-13-44-14-11-38)35-28(40)6-4-12-45-25-16-23-22(15-24(25)43-2)31(42)39-9-3-5-21(39)18-32-23/h7-8,15-19,21H,3-6,9-14H2,1-2H3,(H,34,41)(H,35,40). The number of morpholine rings is 1.